The minimum absolute atomic E-state index is 0.00296. The van der Waals surface area contributed by atoms with E-state index in [0.717, 1.165) is 25.8 Å². The molecular weight excluding hydrogens is 252 g/mol. The zero-order valence-corrected chi connectivity index (χ0v) is 11.7. The summed E-state index contributed by atoms with van der Waals surface area (Å²) in [5, 5.41) is 6.16. The molecule has 18 heavy (non-hydrogen) atoms. The Balaban J connectivity index is 1.94. The number of rotatable bonds is 2. The van der Waals surface area contributed by atoms with E-state index in [2.05, 4.69) is 10.6 Å². The Bertz CT molecular complexity index is 413. The monoisotopic (exact) mass is 274 g/mol. The summed E-state index contributed by atoms with van der Waals surface area (Å²) in [7, 11) is -2.96. The molecule has 2 N–H and O–H groups in total. The number of amides is 1. The van der Waals surface area contributed by atoms with Crippen molar-refractivity contribution in [2.24, 2.45) is 5.41 Å². The third-order valence-electron chi connectivity index (χ3n) is 3.94. The van der Waals surface area contributed by atoms with Gasteiger partial charge in [0.1, 0.15) is 0 Å². The second kappa shape index (κ2) is 5.17. The number of hydrogen-bond acceptors (Lipinski definition) is 4. The van der Waals surface area contributed by atoms with Crippen LogP contribution in [0.1, 0.15) is 32.6 Å². The molecular formula is C12H22N2O3S. The van der Waals surface area contributed by atoms with Crippen LogP contribution in [0.5, 0.6) is 0 Å². The van der Waals surface area contributed by atoms with Crippen molar-refractivity contribution in [2.45, 2.75) is 38.6 Å². The van der Waals surface area contributed by atoms with Gasteiger partial charge in [0.2, 0.25) is 5.91 Å². The Morgan fingerprint density at radius 3 is 2.78 bits per heavy atom. The van der Waals surface area contributed by atoms with Crippen LogP contribution < -0.4 is 10.6 Å². The highest BCUT2D eigenvalue weighted by atomic mass is 32.2. The summed E-state index contributed by atoms with van der Waals surface area (Å²) in [6.45, 7) is 3.59. The van der Waals surface area contributed by atoms with Crippen molar-refractivity contribution in [2.75, 3.05) is 24.6 Å². The highest BCUT2D eigenvalue weighted by Gasteiger charge is 2.36. The van der Waals surface area contributed by atoms with Crippen molar-refractivity contribution in [1.29, 1.82) is 0 Å². The van der Waals surface area contributed by atoms with Gasteiger partial charge in [-0.25, -0.2) is 8.42 Å². The van der Waals surface area contributed by atoms with Gasteiger partial charge in [0.05, 0.1) is 16.9 Å². The Kier molecular flexibility index (Phi) is 3.96. The van der Waals surface area contributed by atoms with E-state index in [0.29, 0.717) is 13.0 Å². The van der Waals surface area contributed by atoms with Gasteiger partial charge in [0, 0.05) is 12.6 Å². The number of piperidine rings is 1. The summed E-state index contributed by atoms with van der Waals surface area (Å²) in [5.74, 6) is 0.359. The highest BCUT2D eigenvalue weighted by Crippen LogP contribution is 2.26. The normalized spacial score (nSPS) is 35.9. The van der Waals surface area contributed by atoms with Gasteiger partial charge >= 0.3 is 0 Å². The summed E-state index contributed by atoms with van der Waals surface area (Å²) in [5.41, 5.74) is -0.389. The SMILES string of the molecule is C[C@]1(C(=O)N[C@H]2CCCS(=O)(=O)C2)CCCNC1. The van der Waals surface area contributed by atoms with Gasteiger partial charge in [0.25, 0.3) is 0 Å². The van der Waals surface area contributed by atoms with Gasteiger partial charge in [-0.15, -0.1) is 0 Å². The second-order valence-electron chi connectivity index (χ2n) is 5.77. The molecule has 0 aromatic rings. The number of hydrogen-bond donors (Lipinski definition) is 2. The summed E-state index contributed by atoms with van der Waals surface area (Å²) >= 11 is 0. The first-order valence-corrected chi connectivity index (χ1v) is 8.46. The van der Waals surface area contributed by atoms with Crippen LogP contribution in [0.2, 0.25) is 0 Å². The maximum absolute atomic E-state index is 12.3. The molecule has 2 aliphatic heterocycles. The summed E-state index contributed by atoms with van der Waals surface area (Å²) < 4.78 is 23.1. The van der Waals surface area contributed by atoms with Crippen molar-refractivity contribution >= 4 is 15.7 Å². The van der Waals surface area contributed by atoms with Crippen molar-refractivity contribution < 1.29 is 13.2 Å². The molecule has 6 heteroatoms. The van der Waals surface area contributed by atoms with E-state index in [-0.39, 0.29) is 28.9 Å². The standard InChI is InChI=1S/C12H22N2O3S/c1-12(5-3-6-13-9-12)11(15)14-10-4-2-7-18(16,17)8-10/h10,13H,2-9H2,1H3,(H,14,15)/t10-,12-/m0/s1. The van der Waals surface area contributed by atoms with Gasteiger partial charge < -0.3 is 10.6 Å². The van der Waals surface area contributed by atoms with E-state index in [1.165, 1.54) is 0 Å². The van der Waals surface area contributed by atoms with Crippen molar-refractivity contribution in [1.82, 2.24) is 10.6 Å². The molecule has 0 saturated carbocycles. The van der Waals surface area contributed by atoms with Gasteiger partial charge in [-0.3, -0.25) is 4.79 Å². The molecule has 0 aliphatic carbocycles. The van der Waals surface area contributed by atoms with Crippen LogP contribution in [0.15, 0.2) is 0 Å². The Labute approximate surface area is 109 Å². The van der Waals surface area contributed by atoms with E-state index in [4.69, 9.17) is 0 Å². The number of nitrogens with one attached hydrogen (secondary N) is 2. The topological polar surface area (TPSA) is 75.3 Å². The highest BCUT2D eigenvalue weighted by molar-refractivity contribution is 7.91. The molecule has 0 radical (unpaired) electrons. The molecule has 0 aromatic carbocycles. The summed E-state index contributed by atoms with van der Waals surface area (Å²) in [4.78, 5) is 12.3. The molecule has 0 aromatic heterocycles. The lowest BCUT2D eigenvalue weighted by atomic mass is 9.81. The van der Waals surface area contributed by atoms with Crippen LogP contribution in [0.25, 0.3) is 0 Å². The second-order valence-corrected chi connectivity index (χ2v) is 8.00. The van der Waals surface area contributed by atoms with E-state index in [1.807, 2.05) is 6.92 Å². The average Bonchev–Trinajstić information content (AvgIpc) is 2.28. The molecule has 5 nitrogen and oxygen atoms in total. The van der Waals surface area contributed by atoms with Crippen LogP contribution in [-0.2, 0) is 14.6 Å². The Morgan fingerprint density at radius 2 is 2.17 bits per heavy atom. The van der Waals surface area contributed by atoms with Crippen LogP contribution in [0.4, 0.5) is 0 Å². The predicted octanol–water partition coefficient (Wildman–Crippen LogP) is 0.0695. The third-order valence-corrected chi connectivity index (χ3v) is 5.76. The first kappa shape index (κ1) is 13.8. The third kappa shape index (κ3) is 3.23. The Morgan fingerprint density at radius 1 is 1.39 bits per heavy atom. The molecule has 2 aliphatic rings. The van der Waals surface area contributed by atoms with Crippen molar-refractivity contribution in [3.05, 3.63) is 0 Å². The fraction of sp³-hybridized carbons (Fsp3) is 0.917. The molecule has 2 saturated heterocycles. The fourth-order valence-electron chi connectivity index (χ4n) is 2.75. The van der Waals surface area contributed by atoms with E-state index in [9.17, 15) is 13.2 Å². The van der Waals surface area contributed by atoms with Gasteiger partial charge in [-0.05, 0) is 39.2 Å². The zero-order valence-electron chi connectivity index (χ0n) is 10.9. The smallest absolute Gasteiger partial charge is 0.227 e. The van der Waals surface area contributed by atoms with Crippen LogP contribution in [0, 0.1) is 5.41 Å². The van der Waals surface area contributed by atoms with Crippen LogP contribution >= 0.6 is 0 Å². The molecule has 2 atom stereocenters. The van der Waals surface area contributed by atoms with Gasteiger partial charge in [-0.2, -0.15) is 0 Å². The van der Waals surface area contributed by atoms with Crippen LogP contribution in [-0.4, -0.2) is 45.0 Å². The zero-order chi connectivity index (χ0) is 13.2. The lowest BCUT2D eigenvalue weighted by Gasteiger charge is -2.35. The first-order chi connectivity index (χ1) is 8.41. The minimum atomic E-state index is -2.96. The van der Waals surface area contributed by atoms with E-state index in [1.54, 1.807) is 0 Å². The lowest BCUT2D eigenvalue weighted by Crippen LogP contribution is -2.53. The summed E-state index contributed by atoms with van der Waals surface area (Å²) in [6.07, 6.45) is 3.29. The predicted molar refractivity (Wildman–Crippen MR) is 70.0 cm³/mol. The van der Waals surface area contributed by atoms with Crippen LogP contribution in [0.3, 0.4) is 0 Å². The van der Waals surface area contributed by atoms with Crippen molar-refractivity contribution in [3.63, 3.8) is 0 Å². The molecule has 0 spiro atoms. The number of carbonyl (C=O) groups excluding carboxylic acids is 1. The quantitative estimate of drug-likeness (QED) is 0.747. The van der Waals surface area contributed by atoms with Crippen molar-refractivity contribution in [3.8, 4) is 0 Å². The average molecular weight is 274 g/mol. The Hall–Kier alpha value is -0.620. The molecule has 104 valence electrons. The lowest BCUT2D eigenvalue weighted by molar-refractivity contribution is -0.131. The molecule has 0 bridgehead atoms. The number of sulfone groups is 1. The number of carbonyl (C=O) groups is 1. The fourth-order valence-corrected chi connectivity index (χ4v) is 4.38. The first-order valence-electron chi connectivity index (χ1n) is 6.63. The molecule has 0 unspecified atom stereocenters. The van der Waals surface area contributed by atoms with Gasteiger partial charge in [0.15, 0.2) is 9.84 Å². The largest absolute Gasteiger partial charge is 0.352 e. The maximum atomic E-state index is 12.3. The molecule has 2 fully saturated rings. The maximum Gasteiger partial charge on any atom is 0.227 e. The molecule has 1 amide bonds. The van der Waals surface area contributed by atoms with E-state index >= 15 is 0 Å². The van der Waals surface area contributed by atoms with E-state index < -0.39 is 9.84 Å². The minimum Gasteiger partial charge on any atom is -0.352 e. The van der Waals surface area contributed by atoms with Gasteiger partial charge in [-0.1, -0.05) is 0 Å². The molecule has 2 heterocycles. The molecule has 2 rings (SSSR count). The summed E-state index contributed by atoms with van der Waals surface area (Å²) in [6, 6.07) is -0.199.